The molecule has 5 nitrogen and oxygen atoms in total. The van der Waals surface area contributed by atoms with Gasteiger partial charge in [0.2, 0.25) is 11.8 Å². The maximum Gasteiger partial charge on any atom is 0.247 e. The van der Waals surface area contributed by atoms with Gasteiger partial charge in [-0.1, -0.05) is 17.7 Å². The van der Waals surface area contributed by atoms with E-state index < -0.39 is 0 Å². The standard InChI is InChI=1S/C16H18N4OS/c1-11-5-4-6-13(7-11)16-19-18-15(21-16)12(2)20(3)8-14-9-22-10-17-14/h4-7,9-10,12H,8H2,1-3H3. The molecule has 0 N–H and O–H groups in total. The van der Waals surface area contributed by atoms with Crippen LogP contribution in [-0.2, 0) is 6.54 Å². The lowest BCUT2D eigenvalue weighted by molar-refractivity contribution is 0.216. The Morgan fingerprint density at radius 1 is 1.32 bits per heavy atom. The van der Waals surface area contributed by atoms with Crippen molar-refractivity contribution < 1.29 is 4.42 Å². The Morgan fingerprint density at radius 2 is 2.18 bits per heavy atom. The number of aromatic nitrogens is 3. The van der Waals surface area contributed by atoms with Crippen molar-refractivity contribution in [3.05, 3.63) is 52.3 Å². The SMILES string of the molecule is Cc1cccc(-c2nnc(C(C)N(C)Cc3cscn3)o2)c1. The van der Waals surface area contributed by atoms with Gasteiger partial charge in [-0.3, -0.25) is 4.90 Å². The lowest BCUT2D eigenvalue weighted by Gasteiger charge is -2.20. The van der Waals surface area contributed by atoms with E-state index in [0.29, 0.717) is 11.8 Å². The zero-order valence-electron chi connectivity index (χ0n) is 12.9. The largest absolute Gasteiger partial charge is 0.419 e. The Labute approximate surface area is 133 Å². The van der Waals surface area contributed by atoms with E-state index in [9.17, 15) is 0 Å². The fourth-order valence-electron chi connectivity index (χ4n) is 2.19. The van der Waals surface area contributed by atoms with Gasteiger partial charge in [-0.2, -0.15) is 0 Å². The molecule has 0 spiro atoms. The second-order valence-electron chi connectivity index (χ2n) is 5.39. The molecule has 114 valence electrons. The highest BCUT2D eigenvalue weighted by Crippen LogP contribution is 2.24. The van der Waals surface area contributed by atoms with Crippen LogP contribution in [0.2, 0.25) is 0 Å². The highest BCUT2D eigenvalue weighted by Gasteiger charge is 2.19. The first-order chi connectivity index (χ1) is 10.6. The number of benzene rings is 1. The lowest BCUT2D eigenvalue weighted by atomic mass is 10.1. The third-order valence-electron chi connectivity index (χ3n) is 3.62. The molecule has 2 aromatic heterocycles. The van der Waals surface area contributed by atoms with E-state index in [1.807, 2.05) is 43.7 Å². The van der Waals surface area contributed by atoms with Crippen molar-refractivity contribution in [3.8, 4) is 11.5 Å². The summed E-state index contributed by atoms with van der Waals surface area (Å²) in [6.07, 6.45) is 0. The molecule has 0 aliphatic carbocycles. The molecule has 0 aliphatic rings. The summed E-state index contributed by atoms with van der Waals surface area (Å²) < 4.78 is 5.85. The predicted molar refractivity (Wildman–Crippen MR) is 86.5 cm³/mol. The van der Waals surface area contributed by atoms with Gasteiger partial charge in [-0.15, -0.1) is 21.5 Å². The number of thiazole rings is 1. The van der Waals surface area contributed by atoms with E-state index in [4.69, 9.17) is 4.42 Å². The van der Waals surface area contributed by atoms with Crippen LogP contribution < -0.4 is 0 Å². The van der Waals surface area contributed by atoms with E-state index >= 15 is 0 Å². The van der Waals surface area contributed by atoms with Gasteiger partial charge < -0.3 is 4.42 Å². The predicted octanol–water partition coefficient (Wildman–Crippen LogP) is 3.69. The molecule has 3 rings (SSSR count). The summed E-state index contributed by atoms with van der Waals surface area (Å²) in [5, 5.41) is 10.4. The molecular formula is C16H18N4OS. The van der Waals surface area contributed by atoms with E-state index in [1.54, 1.807) is 11.3 Å². The average Bonchev–Trinajstić information content (AvgIpc) is 3.17. The van der Waals surface area contributed by atoms with Crippen LogP contribution in [0.4, 0.5) is 0 Å². The summed E-state index contributed by atoms with van der Waals surface area (Å²) in [5.74, 6) is 1.18. The molecule has 2 heterocycles. The second kappa shape index (κ2) is 6.37. The van der Waals surface area contributed by atoms with Gasteiger partial charge in [0.05, 0.1) is 17.2 Å². The van der Waals surface area contributed by atoms with E-state index in [0.717, 1.165) is 17.8 Å². The van der Waals surface area contributed by atoms with Gasteiger partial charge in [0.15, 0.2) is 0 Å². The molecule has 0 fully saturated rings. The van der Waals surface area contributed by atoms with Gasteiger partial charge in [0.1, 0.15) is 0 Å². The van der Waals surface area contributed by atoms with Crippen LogP contribution in [0.5, 0.6) is 0 Å². The summed E-state index contributed by atoms with van der Waals surface area (Å²) in [7, 11) is 2.03. The number of rotatable bonds is 5. The normalized spacial score (nSPS) is 12.7. The summed E-state index contributed by atoms with van der Waals surface area (Å²) in [6.45, 7) is 4.86. The molecule has 6 heteroatoms. The Morgan fingerprint density at radius 3 is 2.91 bits per heavy atom. The summed E-state index contributed by atoms with van der Waals surface area (Å²) >= 11 is 1.60. The van der Waals surface area contributed by atoms with Crippen molar-refractivity contribution in [1.29, 1.82) is 0 Å². The quantitative estimate of drug-likeness (QED) is 0.719. The van der Waals surface area contributed by atoms with Crippen LogP contribution in [0.15, 0.2) is 39.6 Å². The molecule has 0 saturated carbocycles. The Hall–Kier alpha value is -2.05. The molecule has 0 saturated heterocycles. The second-order valence-corrected chi connectivity index (χ2v) is 6.10. The van der Waals surface area contributed by atoms with Crippen LogP contribution in [0.1, 0.15) is 30.1 Å². The smallest absolute Gasteiger partial charge is 0.247 e. The van der Waals surface area contributed by atoms with E-state index in [1.165, 1.54) is 5.56 Å². The molecule has 0 aliphatic heterocycles. The fraction of sp³-hybridized carbons (Fsp3) is 0.312. The Kier molecular flexibility index (Phi) is 4.31. The molecule has 1 aromatic carbocycles. The molecule has 1 atom stereocenters. The third-order valence-corrected chi connectivity index (χ3v) is 4.25. The minimum atomic E-state index is 0.0350. The number of nitrogens with zero attached hydrogens (tertiary/aromatic N) is 4. The maximum absolute atomic E-state index is 5.85. The van der Waals surface area contributed by atoms with E-state index in [2.05, 4.69) is 32.4 Å². The molecular weight excluding hydrogens is 296 g/mol. The van der Waals surface area contributed by atoms with Crippen LogP contribution in [0.3, 0.4) is 0 Å². The van der Waals surface area contributed by atoms with Gasteiger partial charge in [-0.05, 0) is 33.0 Å². The molecule has 22 heavy (non-hydrogen) atoms. The molecule has 0 amide bonds. The van der Waals surface area contributed by atoms with Crippen molar-refractivity contribution in [2.24, 2.45) is 0 Å². The summed E-state index contributed by atoms with van der Waals surface area (Å²) in [6, 6.07) is 8.10. The van der Waals surface area contributed by atoms with Crippen molar-refractivity contribution in [1.82, 2.24) is 20.1 Å². The summed E-state index contributed by atoms with van der Waals surface area (Å²) in [4.78, 5) is 6.45. The van der Waals surface area contributed by atoms with Crippen LogP contribution >= 0.6 is 11.3 Å². The highest BCUT2D eigenvalue weighted by molar-refractivity contribution is 7.07. The molecule has 0 radical (unpaired) electrons. The van der Waals surface area contributed by atoms with E-state index in [-0.39, 0.29) is 6.04 Å². The zero-order valence-corrected chi connectivity index (χ0v) is 13.7. The number of aryl methyl sites for hydroxylation is 1. The van der Waals surface area contributed by atoms with Crippen LogP contribution in [-0.4, -0.2) is 27.1 Å². The van der Waals surface area contributed by atoms with Crippen LogP contribution in [0.25, 0.3) is 11.5 Å². The highest BCUT2D eigenvalue weighted by atomic mass is 32.1. The fourth-order valence-corrected chi connectivity index (χ4v) is 2.74. The Balaban J connectivity index is 1.75. The van der Waals surface area contributed by atoms with Crippen molar-refractivity contribution in [3.63, 3.8) is 0 Å². The number of hydrogen-bond donors (Lipinski definition) is 0. The minimum absolute atomic E-state index is 0.0350. The van der Waals surface area contributed by atoms with Gasteiger partial charge in [-0.25, -0.2) is 4.98 Å². The molecule has 0 bridgehead atoms. The molecule has 1 unspecified atom stereocenters. The summed E-state index contributed by atoms with van der Waals surface area (Å²) in [5.41, 5.74) is 5.02. The number of hydrogen-bond acceptors (Lipinski definition) is 6. The van der Waals surface area contributed by atoms with Crippen LogP contribution in [0, 0.1) is 6.92 Å². The maximum atomic E-state index is 5.85. The first-order valence-electron chi connectivity index (χ1n) is 7.11. The average molecular weight is 314 g/mol. The monoisotopic (exact) mass is 314 g/mol. The Bertz CT molecular complexity index is 738. The molecule has 3 aromatic rings. The zero-order chi connectivity index (χ0) is 15.5. The third kappa shape index (κ3) is 3.23. The topological polar surface area (TPSA) is 55.1 Å². The van der Waals surface area contributed by atoms with Crippen molar-refractivity contribution in [2.75, 3.05) is 7.05 Å². The van der Waals surface area contributed by atoms with Crippen molar-refractivity contribution >= 4 is 11.3 Å². The van der Waals surface area contributed by atoms with Gasteiger partial charge in [0, 0.05) is 17.5 Å². The van der Waals surface area contributed by atoms with Gasteiger partial charge in [0.25, 0.3) is 0 Å². The lowest BCUT2D eigenvalue weighted by Crippen LogP contribution is -2.22. The van der Waals surface area contributed by atoms with Crippen molar-refractivity contribution in [2.45, 2.75) is 26.4 Å². The van der Waals surface area contributed by atoms with Gasteiger partial charge >= 0.3 is 0 Å². The first-order valence-corrected chi connectivity index (χ1v) is 8.05. The first kappa shape index (κ1) is 14.9. The minimum Gasteiger partial charge on any atom is -0.419 e.